The van der Waals surface area contributed by atoms with Crippen LogP contribution in [0.5, 0.6) is 0 Å². The SMILES string of the molecule is CC(C)=CCC(C)(C)/C=C\Cl. The van der Waals surface area contributed by atoms with Crippen molar-refractivity contribution < 1.29 is 0 Å². The summed E-state index contributed by atoms with van der Waals surface area (Å²) in [7, 11) is 0. The van der Waals surface area contributed by atoms with Crippen LogP contribution in [-0.4, -0.2) is 0 Å². The van der Waals surface area contributed by atoms with Crippen molar-refractivity contribution in [2.75, 3.05) is 0 Å². The maximum absolute atomic E-state index is 5.50. The zero-order valence-electron chi connectivity index (χ0n) is 7.82. The molecule has 0 saturated heterocycles. The minimum absolute atomic E-state index is 0.193. The highest BCUT2D eigenvalue weighted by molar-refractivity contribution is 6.25. The Balaban J connectivity index is 4.02. The third kappa shape index (κ3) is 6.18. The van der Waals surface area contributed by atoms with Gasteiger partial charge >= 0.3 is 0 Å². The molecule has 0 radical (unpaired) electrons. The van der Waals surface area contributed by atoms with E-state index in [9.17, 15) is 0 Å². The first kappa shape index (κ1) is 10.8. The van der Waals surface area contributed by atoms with Crippen molar-refractivity contribution in [3.05, 3.63) is 23.3 Å². The van der Waals surface area contributed by atoms with Gasteiger partial charge in [0.15, 0.2) is 0 Å². The molecule has 0 aliphatic carbocycles. The minimum atomic E-state index is 0.193. The van der Waals surface area contributed by atoms with Crippen LogP contribution in [0.2, 0.25) is 0 Å². The standard InChI is InChI=1S/C10H17Cl/c1-9(2)5-6-10(3,4)7-8-11/h5,7-8H,6H2,1-4H3/b8-7-. The summed E-state index contributed by atoms with van der Waals surface area (Å²) in [6.07, 6.45) is 5.31. The lowest BCUT2D eigenvalue weighted by molar-refractivity contribution is 0.488. The number of hydrogen-bond donors (Lipinski definition) is 0. The number of hydrogen-bond acceptors (Lipinski definition) is 0. The fraction of sp³-hybridized carbons (Fsp3) is 0.600. The molecule has 0 fully saturated rings. The molecule has 64 valence electrons. The third-order valence-electron chi connectivity index (χ3n) is 1.55. The van der Waals surface area contributed by atoms with Gasteiger partial charge < -0.3 is 0 Å². The van der Waals surface area contributed by atoms with Crippen LogP contribution < -0.4 is 0 Å². The molecule has 0 amide bonds. The van der Waals surface area contributed by atoms with Crippen LogP contribution >= 0.6 is 11.6 Å². The van der Waals surface area contributed by atoms with E-state index in [1.807, 2.05) is 6.08 Å². The van der Waals surface area contributed by atoms with Crippen LogP contribution in [0.4, 0.5) is 0 Å². The van der Waals surface area contributed by atoms with E-state index in [4.69, 9.17) is 11.6 Å². The summed E-state index contributed by atoms with van der Waals surface area (Å²) in [6, 6.07) is 0. The van der Waals surface area contributed by atoms with E-state index in [0.29, 0.717) is 0 Å². The zero-order valence-corrected chi connectivity index (χ0v) is 8.57. The smallest absolute Gasteiger partial charge is 0.000796 e. The quantitative estimate of drug-likeness (QED) is 0.562. The molecule has 1 heteroatoms. The van der Waals surface area contributed by atoms with Crippen molar-refractivity contribution in [2.45, 2.75) is 34.1 Å². The first-order valence-corrected chi connectivity index (χ1v) is 4.33. The first-order chi connectivity index (χ1) is 4.98. The first-order valence-electron chi connectivity index (χ1n) is 3.89. The topological polar surface area (TPSA) is 0 Å². The van der Waals surface area contributed by atoms with E-state index < -0.39 is 0 Å². The molecule has 0 atom stereocenters. The summed E-state index contributed by atoms with van der Waals surface area (Å²) in [6.45, 7) is 8.57. The van der Waals surface area contributed by atoms with Gasteiger partial charge in [-0.3, -0.25) is 0 Å². The Kier molecular flexibility index (Phi) is 4.51. The molecular weight excluding hydrogens is 156 g/mol. The van der Waals surface area contributed by atoms with Gasteiger partial charge in [-0.1, -0.05) is 43.2 Å². The van der Waals surface area contributed by atoms with Crippen LogP contribution in [0.25, 0.3) is 0 Å². The average Bonchev–Trinajstić information content (AvgIpc) is 1.84. The van der Waals surface area contributed by atoms with Crippen molar-refractivity contribution in [2.24, 2.45) is 5.41 Å². The van der Waals surface area contributed by atoms with Crippen molar-refractivity contribution in [3.63, 3.8) is 0 Å². The van der Waals surface area contributed by atoms with Gasteiger partial charge in [-0.15, -0.1) is 0 Å². The van der Waals surface area contributed by atoms with Gasteiger partial charge in [0.05, 0.1) is 0 Å². The van der Waals surface area contributed by atoms with E-state index in [1.165, 1.54) is 5.57 Å². The van der Waals surface area contributed by atoms with E-state index in [2.05, 4.69) is 33.8 Å². The minimum Gasteiger partial charge on any atom is -0.0933 e. The van der Waals surface area contributed by atoms with Crippen molar-refractivity contribution in [1.29, 1.82) is 0 Å². The molecule has 0 N–H and O–H groups in total. The summed E-state index contributed by atoms with van der Waals surface area (Å²) in [5.41, 5.74) is 3.15. The molecule has 0 heterocycles. The Morgan fingerprint density at radius 3 is 2.27 bits per heavy atom. The maximum Gasteiger partial charge on any atom is 0.000796 e. The molecule has 0 saturated carbocycles. The number of rotatable bonds is 3. The highest BCUT2D eigenvalue weighted by atomic mass is 35.5. The van der Waals surface area contributed by atoms with E-state index >= 15 is 0 Å². The molecule has 0 aromatic carbocycles. The van der Waals surface area contributed by atoms with Crippen molar-refractivity contribution in [1.82, 2.24) is 0 Å². The third-order valence-corrected chi connectivity index (χ3v) is 1.68. The molecule has 0 aromatic rings. The predicted octanol–water partition coefficient (Wildman–Crippen LogP) is 4.12. The van der Waals surface area contributed by atoms with Gasteiger partial charge in [-0.25, -0.2) is 0 Å². The summed E-state index contributed by atoms with van der Waals surface area (Å²) in [5, 5.41) is 0. The second-order valence-corrected chi connectivity index (χ2v) is 4.02. The van der Waals surface area contributed by atoms with E-state index in [-0.39, 0.29) is 5.41 Å². The second-order valence-electron chi connectivity index (χ2n) is 3.77. The average molecular weight is 173 g/mol. The summed E-state index contributed by atoms with van der Waals surface area (Å²) in [4.78, 5) is 0. The van der Waals surface area contributed by atoms with Crippen LogP contribution in [-0.2, 0) is 0 Å². The lowest BCUT2D eigenvalue weighted by Crippen LogP contribution is -2.04. The molecule has 0 rings (SSSR count). The molecule has 0 aromatic heterocycles. The van der Waals surface area contributed by atoms with Crippen LogP contribution in [0, 0.1) is 5.41 Å². The van der Waals surface area contributed by atoms with Gasteiger partial charge in [-0.2, -0.15) is 0 Å². The Morgan fingerprint density at radius 1 is 1.36 bits per heavy atom. The Bertz CT molecular complexity index is 160. The zero-order chi connectivity index (χ0) is 8.91. The highest BCUT2D eigenvalue weighted by Crippen LogP contribution is 2.23. The molecule has 0 aliphatic rings. The number of halogens is 1. The normalized spacial score (nSPS) is 12.1. The van der Waals surface area contributed by atoms with Gasteiger partial charge in [0.1, 0.15) is 0 Å². The summed E-state index contributed by atoms with van der Waals surface area (Å²) < 4.78 is 0. The van der Waals surface area contributed by atoms with Gasteiger partial charge in [-0.05, 0) is 25.7 Å². The summed E-state index contributed by atoms with van der Waals surface area (Å²) in [5.74, 6) is 0. The van der Waals surface area contributed by atoms with Gasteiger partial charge in [0, 0.05) is 5.54 Å². The fourth-order valence-corrected chi connectivity index (χ4v) is 1.05. The second kappa shape index (κ2) is 4.61. The van der Waals surface area contributed by atoms with Gasteiger partial charge in [0.2, 0.25) is 0 Å². The van der Waals surface area contributed by atoms with Crippen LogP contribution in [0.1, 0.15) is 34.1 Å². The van der Waals surface area contributed by atoms with Crippen LogP contribution in [0.15, 0.2) is 23.3 Å². The molecule has 0 aliphatic heterocycles. The molecule has 0 spiro atoms. The van der Waals surface area contributed by atoms with Crippen LogP contribution in [0.3, 0.4) is 0 Å². The lowest BCUT2D eigenvalue weighted by Gasteiger charge is -2.17. The van der Waals surface area contributed by atoms with Crippen molar-refractivity contribution >= 4 is 11.6 Å². The van der Waals surface area contributed by atoms with Gasteiger partial charge in [0.25, 0.3) is 0 Å². The Morgan fingerprint density at radius 2 is 1.91 bits per heavy atom. The molecule has 0 unspecified atom stereocenters. The molecule has 0 nitrogen and oxygen atoms in total. The Hall–Kier alpha value is -0.230. The predicted molar refractivity (Wildman–Crippen MR) is 52.8 cm³/mol. The largest absolute Gasteiger partial charge is 0.0933 e. The molecular formula is C10H17Cl. The maximum atomic E-state index is 5.50. The Labute approximate surface area is 74.9 Å². The highest BCUT2D eigenvalue weighted by Gasteiger charge is 2.10. The molecule has 0 bridgehead atoms. The van der Waals surface area contributed by atoms with E-state index in [1.54, 1.807) is 5.54 Å². The van der Waals surface area contributed by atoms with E-state index in [0.717, 1.165) is 6.42 Å². The fourth-order valence-electron chi connectivity index (χ4n) is 0.706. The molecule has 11 heavy (non-hydrogen) atoms. The lowest BCUT2D eigenvalue weighted by atomic mass is 9.89. The number of allylic oxidation sites excluding steroid dienone is 3. The van der Waals surface area contributed by atoms with Crippen molar-refractivity contribution in [3.8, 4) is 0 Å². The summed E-state index contributed by atoms with van der Waals surface area (Å²) >= 11 is 5.50. The monoisotopic (exact) mass is 172 g/mol.